The van der Waals surface area contributed by atoms with Crippen molar-refractivity contribution in [3.05, 3.63) is 16.0 Å². The second-order valence-corrected chi connectivity index (χ2v) is 8.09. The van der Waals surface area contributed by atoms with Gasteiger partial charge in [-0.15, -0.1) is 11.3 Å². The molecule has 0 spiro atoms. The van der Waals surface area contributed by atoms with E-state index < -0.39 is 0 Å². The van der Waals surface area contributed by atoms with E-state index in [0.717, 1.165) is 49.3 Å². The Morgan fingerprint density at radius 2 is 2.20 bits per heavy atom. The van der Waals surface area contributed by atoms with Crippen molar-refractivity contribution in [2.75, 3.05) is 18.5 Å². The number of nitrogens with one attached hydrogen (secondary N) is 2. The van der Waals surface area contributed by atoms with E-state index in [4.69, 9.17) is 21.7 Å². The summed E-state index contributed by atoms with van der Waals surface area (Å²) in [5.41, 5.74) is 1.82. The van der Waals surface area contributed by atoms with E-state index >= 15 is 0 Å². The number of hydrogen-bond acceptors (Lipinski definition) is 5. The Kier molecular flexibility index (Phi) is 6.30. The van der Waals surface area contributed by atoms with Gasteiger partial charge in [0.05, 0.1) is 24.3 Å². The van der Waals surface area contributed by atoms with E-state index in [-0.39, 0.29) is 18.1 Å². The van der Waals surface area contributed by atoms with Crippen LogP contribution in [-0.2, 0) is 22.3 Å². The molecule has 1 saturated heterocycles. The van der Waals surface area contributed by atoms with Crippen LogP contribution in [0.1, 0.15) is 60.3 Å². The van der Waals surface area contributed by atoms with Gasteiger partial charge in [-0.3, -0.25) is 0 Å². The standard InChI is InChI=1S/C18H26N2O3S2/c1-3-22-17(21)15-12-7-4-5-9-14(12)25-16(15)20-18(24)19-11(2)13-8-6-10-23-13/h11,13H,3-10H2,1-2H3,(H2,19,20,24)/t11-,13-/m1/s1. The second-order valence-electron chi connectivity index (χ2n) is 6.57. The van der Waals surface area contributed by atoms with E-state index in [1.54, 1.807) is 11.3 Å². The van der Waals surface area contributed by atoms with Crippen molar-refractivity contribution in [1.82, 2.24) is 5.32 Å². The molecule has 3 rings (SSSR count). The maximum atomic E-state index is 12.5. The molecule has 2 aliphatic rings. The Morgan fingerprint density at radius 1 is 1.40 bits per heavy atom. The number of ether oxygens (including phenoxy) is 2. The van der Waals surface area contributed by atoms with Crippen LogP contribution < -0.4 is 10.6 Å². The number of thiophene rings is 1. The summed E-state index contributed by atoms with van der Waals surface area (Å²) in [6, 6.07) is 0.142. The number of esters is 1. The topological polar surface area (TPSA) is 59.6 Å². The molecule has 0 radical (unpaired) electrons. The van der Waals surface area contributed by atoms with Gasteiger partial charge in [-0.2, -0.15) is 0 Å². The molecule has 1 aromatic heterocycles. The third-order valence-electron chi connectivity index (χ3n) is 4.76. The first kappa shape index (κ1) is 18.6. The molecule has 2 atom stereocenters. The fourth-order valence-corrected chi connectivity index (χ4v) is 5.14. The summed E-state index contributed by atoms with van der Waals surface area (Å²) in [5, 5.41) is 7.88. The van der Waals surface area contributed by atoms with Gasteiger partial charge in [0.1, 0.15) is 5.00 Å². The fourth-order valence-electron chi connectivity index (χ4n) is 3.51. The van der Waals surface area contributed by atoms with Crippen LogP contribution in [-0.4, -0.2) is 36.4 Å². The van der Waals surface area contributed by atoms with Gasteiger partial charge >= 0.3 is 5.97 Å². The van der Waals surface area contributed by atoms with Crippen LogP contribution >= 0.6 is 23.6 Å². The summed E-state index contributed by atoms with van der Waals surface area (Å²) in [6.45, 7) is 5.11. The highest BCUT2D eigenvalue weighted by atomic mass is 32.1. The average molecular weight is 383 g/mol. The maximum absolute atomic E-state index is 12.5. The highest BCUT2D eigenvalue weighted by Gasteiger charge is 2.28. The van der Waals surface area contributed by atoms with Gasteiger partial charge in [0.25, 0.3) is 0 Å². The van der Waals surface area contributed by atoms with E-state index in [0.29, 0.717) is 17.3 Å². The molecule has 0 amide bonds. The summed E-state index contributed by atoms with van der Waals surface area (Å²) in [6.07, 6.45) is 6.61. The highest BCUT2D eigenvalue weighted by Crippen LogP contribution is 2.38. The Morgan fingerprint density at radius 3 is 2.92 bits per heavy atom. The zero-order valence-corrected chi connectivity index (χ0v) is 16.5. The second kappa shape index (κ2) is 8.47. The minimum atomic E-state index is -0.251. The van der Waals surface area contributed by atoms with Crippen molar-refractivity contribution in [2.45, 2.75) is 64.5 Å². The molecule has 138 valence electrons. The molecule has 0 bridgehead atoms. The Labute approximate surface area is 158 Å². The lowest BCUT2D eigenvalue weighted by molar-refractivity contribution is 0.0526. The first-order valence-corrected chi connectivity index (χ1v) is 10.3. The van der Waals surface area contributed by atoms with Crippen LogP contribution in [0.3, 0.4) is 0 Å². The Bertz CT molecular complexity index is 639. The average Bonchev–Trinajstić information content (AvgIpc) is 3.22. The van der Waals surface area contributed by atoms with Crippen LogP contribution in [0.15, 0.2) is 0 Å². The number of rotatable bonds is 5. The van der Waals surface area contributed by atoms with Crippen molar-refractivity contribution in [3.63, 3.8) is 0 Å². The monoisotopic (exact) mass is 382 g/mol. The summed E-state index contributed by atoms with van der Waals surface area (Å²) >= 11 is 7.11. The lowest BCUT2D eigenvalue weighted by atomic mass is 9.95. The minimum Gasteiger partial charge on any atom is -0.462 e. The molecule has 2 N–H and O–H groups in total. The molecule has 0 saturated carbocycles. The molecular formula is C18H26N2O3S2. The summed E-state index contributed by atoms with van der Waals surface area (Å²) in [7, 11) is 0. The zero-order valence-electron chi connectivity index (χ0n) is 14.9. The van der Waals surface area contributed by atoms with Crippen LogP contribution in [0.5, 0.6) is 0 Å². The molecular weight excluding hydrogens is 356 g/mol. The SMILES string of the molecule is CCOC(=O)c1c(NC(=S)N[C@H](C)[C@H]2CCCO2)sc2c1CCCC2. The number of anilines is 1. The molecule has 1 aliphatic heterocycles. The lowest BCUT2D eigenvalue weighted by Crippen LogP contribution is -2.42. The summed E-state index contributed by atoms with van der Waals surface area (Å²) in [5.74, 6) is -0.251. The Hall–Kier alpha value is -1.18. The van der Waals surface area contributed by atoms with Crippen LogP contribution in [0.4, 0.5) is 5.00 Å². The molecule has 7 heteroatoms. The number of aryl methyl sites for hydroxylation is 1. The van der Waals surface area contributed by atoms with Crippen LogP contribution in [0, 0.1) is 0 Å². The van der Waals surface area contributed by atoms with Crippen LogP contribution in [0.2, 0.25) is 0 Å². The molecule has 5 nitrogen and oxygen atoms in total. The molecule has 1 aromatic rings. The third kappa shape index (κ3) is 4.33. The number of hydrogen-bond donors (Lipinski definition) is 2. The largest absolute Gasteiger partial charge is 0.462 e. The molecule has 0 aromatic carbocycles. The van der Waals surface area contributed by atoms with Gasteiger partial charge in [-0.05, 0) is 70.2 Å². The molecule has 0 unspecified atom stereocenters. The summed E-state index contributed by atoms with van der Waals surface area (Å²) in [4.78, 5) is 13.8. The number of carbonyl (C=O) groups excluding carboxylic acids is 1. The van der Waals surface area contributed by atoms with E-state index in [1.165, 1.54) is 11.3 Å². The summed E-state index contributed by atoms with van der Waals surface area (Å²) < 4.78 is 11.0. The quantitative estimate of drug-likeness (QED) is 0.599. The first-order valence-electron chi connectivity index (χ1n) is 9.11. The van der Waals surface area contributed by atoms with Crippen molar-refractivity contribution in [2.24, 2.45) is 0 Å². The van der Waals surface area contributed by atoms with Gasteiger partial charge in [-0.25, -0.2) is 4.79 Å². The van der Waals surface area contributed by atoms with Gasteiger partial charge in [0.15, 0.2) is 5.11 Å². The third-order valence-corrected chi connectivity index (χ3v) is 6.19. The smallest absolute Gasteiger partial charge is 0.341 e. The van der Waals surface area contributed by atoms with Gasteiger partial charge in [-0.1, -0.05) is 0 Å². The van der Waals surface area contributed by atoms with Crippen molar-refractivity contribution >= 4 is 39.6 Å². The molecule has 2 heterocycles. The van der Waals surface area contributed by atoms with Crippen molar-refractivity contribution in [3.8, 4) is 0 Å². The van der Waals surface area contributed by atoms with Gasteiger partial charge in [0, 0.05) is 11.5 Å². The maximum Gasteiger partial charge on any atom is 0.341 e. The molecule has 1 aliphatic carbocycles. The molecule has 1 fully saturated rings. The van der Waals surface area contributed by atoms with Crippen molar-refractivity contribution in [1.29, 1.82) is 0 Å². The number of fused-ring (bicyclic) bond motifs is 1. The Balaban J connectivity index is 1.73. The van der Waals surface area contributed by atoms with Crippen molar-refractivity contribution < 1.29 is 14.3 Å². The predicted molar refractivity (Wildman–Crippen MR) is 105 cm³/mol. The van der Waals surface area contributed by atoms with E-state index in [9.17, 15) is 4.79 Å². The zero-order chi connectivity index (χ0) is 17.8. The van der Waals surface area contributed by atoms with Crippen LogP contribution in [0.25, 0.3) is 0 Å². The predicted octanol–water partition coefficient (Wildman–Crippen LogP) is 3.66. The lowest BCUT2D eigenvalue weighted by Gasteiger charge is -2.22. The number of thiocarbonyl (C=S) groups is 1. The highest BCUT2D eigenvalue weighted by molar-refractivity contribution is 7.80. The molecule has 25 heavy (non-hydrogen) atoms. The van der Waals surface area contributed by atoms with Gasteiger partial charge in [0.2, 0.25) is 0 Å². The fraction of sp³-hybridized carbons (Fsp3) is 0.667. The van der Waals surface area contributed by atoms with E-state index in [2.05, 4.69) is 17.6 Å². The first-order chi connectivity index (χ1) is 12.1. The minimum absolute atomic E-state index is 0.142. The van der Waals surface area contributed by atoms with E-state index in [1.807, 2.05) is 6.92 Å². The normalized spacial score (nSPS) is 20.6. The number of carbonyl (C=O) groups is 1. The van der Waals surface area contributed by atoms with Gasteiger partial charge < -0.3 is 20.1 Å².